The van der Waals surface area contributed by atoms with Gasteiger partial charge in [-0.05, 0) is 51.0 Å². The van der Waals surface area contributed by atoms with Crippen molar-refractivity contribution in [2.45, 2.75) is 32.6 Å². The summed E-state index contributed by atoms with van der Waals surface area (Å²) in [6.45, 7) is 9.01. The van der Waals surface area contributed by atoms with Gasteiger partial charge in [0.2, 0.25) is 10.0 Å². The quantitative estimate of drug-likeness (QED) is 0.815. The van der Waals surface area contributed by atoms with Crippen LogP contribution in [0, 0.1) is 27.7 Å². The first-order valence-corrected chi connectivity index (χ1v) is 10.6. The Labute approximate surface area is 161 Å². The fourth-order valence-electron chi connectivity index (χ4n) is 3.79. The summed E-state index contributed by atoms with van der Waals surface area (Å²) in [5.74, 6) is -0.0431. The minimum atomic E-state index is -3.57. The van der Waals surface area contributed by atoms with Gasteiger partial charge in [-0.3, -0.25) is 4.79 Å². The number of aryl methyl sites for hydroxylation is 4. The van der Waals surface area contributed by atoms with Crippen LogP contribution < -0.4 is 0 Å². The summed E-state index contributed by atoms with van der Waals surface area (Å²) >= 11 is 0. The van der Waals surface area contributed by atoms with Crippen molar-refractivity contribution >= 4 is 15.9 Å². The van der Waals surface area contributed by atoms with Gasteiger partial charge in [-0.2, -0.15) is 4.31 Å². The third kappa shape index (κ3) is 3.92. The number of piperazine rings is 1. The first-order valence-electron chi connectivity index (χ1n) is 9.14. The molecule has 0 saturated carbocycles. The molecule has 2 aromatic carbocycles. The van der Waals surface area contributed by atoms with E-state index in [2.05, 4.69) is 0 Å². The number of hydrogen-bond acceptors (Lipinski definition) is 3. The smallest absolute Gasteiger partial charge is 0.253 e. The second-order valence-corrected chi connectivity index (χ2v) is 9.17. The average molecular weight is 387 g/mol. The van der Waals surface area contributed by atoms with Crippen LogP contribution in [0.25, 0.3) is 0 Å². The van der Waals surface area contributed by atoms with Crippen LogP contribution in [0.15, 0.2) is 41.3 Å². The summed E-state index contributed by atoms with van der Waals surface area (Å²) in [6, 6.07) is 11.3. The molecule has 1 saturated heterocycles. The zero-order valence-corrected chi connectivity index (χ0v) is 17.1. The molecule has 1 fully saturated rings. The maximum atomic E-state index is 13.2. The van der Waals surface area contributed by atoms with Gasteiger partial charge in [0, 0.05) is 31.7 Å². The van der Waals surface area contributed by atoms with E-state index >= 15 is 0 Å². The van der Waals surface area contributed by atoms with E-state index in [4.69, 9.17) is 0 Å². The van der Waals surface area contributed by atoms with Crippen LogP contribution in [-0.4, -0.2) is 49.7 Å². The van der Waals surface area contributed by atoms with E-state index in [0.717, 1.165) is 22.3 Å². The molecule has 5 nitrogen and oxygen atoms in total. The fourth-order valence-corrected chi connectivity index (χ4v) is 5.63. The molecular formula is C21H26N2O3S. The standard InChI is InChI=1S/C21H26N2O3S/c1-15-6-5-7-19(14-15)21(24)22-8-10-23(11-9-22)27(25,26)20-17(3)12-16(2)13-18(20)4/h5-7,12-14H,8-11H2,1-4H3. The molecule has 1 aliphatic heterocycles. The van der Waals surface area contributed by atoms with Gasteiger partial charge in [0.15, 0.2) is 0 Å². The number of rotatable bonds is 3. The van der Waals surface area contributed by atoms with Crippen molar-refractivity contribution in [2.75, 3.05) is 26.2 Å². The van der Waals surface area contributed by atoms with E-state index in [1.54, 1.807) is 11.0 Å². The van der Waals surface area contributed by atoms with Crippen molar-refractivity contribution in [3.8, 4) is 0 Å². The molecule has 2 aromatic rings. The number of carbonyl (C=O) groups excluding carboxylic acids is 1. The Morgan fingerprint density at radius 2 is 1.44 bits per heavy atom. The second-order valence-electron chi connectivity index (χ2n) is 7.29. The van der Waals surface area contributed by atoms with Crippen molar-refractivity contribution in [3.63, 3.8) is 0 Å². The van der Waals surface area contributed by atoms with E-state index in [0.29, 0.717) is 36.6 Å². The summed E-state index contributed by atoms with van der Waals surface area (Å²) < 4.78 is 27.8. The molecule has 1 heterocycles. The van der Waals surface area contributed by atoms with Crippen LogP contribution >= 0.6 is 0 Å². The molecule has 27 heavy (non-hydrogen) atoms. The molecule has 3 rings (SSSR count). The summed E-state index contributed by atoms with van der Waals surface area (Å²) in [5, 5.41) is 0. The van der Waals surface area contributed by atoms with Gasteiger partial charge in [-0.15, -0.1) is 0 Å². The van der Waals surface area contributed by atoms with Crippen LogP contribution in [0.2, 0.25) is 0 Å². The van der Waals surface area contributed by atoms with Gasteiger partial charge >= 0.3 is 0 Å². The van der Waals surface area contributed by atoms with E-state index in [9.17, 15) is 13.2 Å². The van der Waals surface area contributed by atoms with Gasteiger partial charge in [-0.25, -0.2) is 8.42 Å². The monoisotopic (exact) mass is 386 g/mol. The average Bonchev–Trinajstić information content (AvgIpc) is 2.60. The van der Waals surface area contributed by atoms with Gasteiger partial charge in [0.05, 0.1) is 4.90 Å². The lowest BCUT2D eigenvalue weighted by molar-refractivity contribution is 0.0697. The van der Waals surface area contributed by atoms with Crippen LogP contribution in [0.1, 0.15) is 32.6 Å². The van der Waals surface area contributed by atoms with Crippen LogP contribution in [0.5, 0.6) is 0 Å². The lowest BCUT2D eigenvalue weighted by atomic mass is 10.1. The highest BCUT2D eigenvalue weighted by molar-refractivity contribution is 7.89. The lowest BCUT2D eigenvalue weighted by Gasteiger charge is -2.34. The third-order valence-electron chi connectivity index (χ3n) is 4.99. The number of sulfonamides is 1. The minimum absolute atomic E-state index is 0.0431. The molecule has 1 amide bonds. The first-order chi connectivity index (χ1) is 12.7. The summed E-state index contributed by atoms with van der Waals surface area (Å²) in [7, 11) is -3.57. The first kappa shape index (κ1) is 19.6. The van der Waals surface area contributed by atoms with Crippen LogP contribution in [0.3, 0.4) is 0 Å². The van der Waals surface area contributed by atoms with Crippen molar-refractivity contribution in [1.82, 2.24) is 9.21 Å². The SMILES string of the molecule is Cc1cccc(C(=O)N2CCN(S(=O)(=O)c3c(C)cc(C)cc3C)CC2)c1. The third-order valence-corrected chi connectivity index (χ3v) is 7.20. The van der Waals surface area contributed by atoms with Gasteiger partial charge in [0.25, 0.3) is 5.91 Å². The van der Waals surface area contributed by atoms with Crippen molar-refractivity contribution in [3.05, 3.63) is 64.2 Å². The molecule has 6 heteroatoms. The van der Waals surface area contributed by atoms with Crippen LogP contribution in [0.4, 0.5) is 0 Å². The zero-order valence-electron chi connectivity index (χ0n) is 16.3. The minimum Gasteiger partial charge on any atom is -0.336 e. The summed E-state index contributed by atoms with van der Waals surface area (Å²) in [4.78, 5) is 14.8. The lowest BCUT2D eigenvalue weighted by Crippen LogP contribution is -2.50. The fraction of sp³-hybridized carbons (Fsp3) is 0.381. The molecule has 0 N–H and O–H groups in total. The molecule has 1 aliphatic rings. The number of carbonyl (C=O) groups is 1. The molecule has 0 spiro atoms. The van der Waals surface area contributed by atoms with E-state index in [1.165, 1.54) is 4.31 Å². The summed E-state index contributed by atoms with van der Waals surface area (Å²) in [6.07, 6.45) is 0. The van der Waals surface area contributed by atoms with Gasteiger partial charge < -0.3 is 4.90 Å². The molecule has 0 radical (unpaired) electrons. The number of amides is 1. The summed E-state index contributed by atoms with van der Waals surface area (Å²) in [5.41, 5.74) is 4.28. The normalized spacial score (nSPS) is 15.8. The highest BCUT2D eigenvalue weighted by atomic mass is 32.2. The van der Waals surface area contributed by atoms with Gasteiger partial charge in [0.1, 0.15) is 0 Å². The molecule has 0 bridgehead atoms. The maximum Gasteiger partial charge on any atom is 0.253 e. The molecule has 0 aromatic heterocycles. The predicted molar refractivity (Wildman–Crippen MR) is 106 cm³/mol. The zero-order chi connectivity index (χ0) is 19.8. The van der Waals surface area contributed by atoms with Gasteiger partial charge in [-0.1, -0.05) is 35.4 Å². The van der Waals surface area contributed by atoms with E-state index in [-0.39, 0.29) is 5.91 Å². The van der Waals surface area contributed by atoms with Crippen molar-refractivity contribution < 1.29 is 13.2 Å². The molecule has 0 unspecified atom stereocenters. The second kappa shape index (κ2) is 7.44. The van der Waals surface area contributed by atoms with Crippen LogP contribution in [-0.2, 0) is 10.0 Å². The van der Waals surface area contributed by atoms with E-state index in [1.807, 2.05) is 58.0 Å². The Kier molecular flexibility index (Phi) is 5.40. The predicted octanol–water partition coefficient (Wildman–Crippen LogP) is 3.07. The topological polar surface area (TPSA) is 57.7 Å². The highest BCUT2D eigenvalue weighted by Gasteiger charge is 2.32. The highest BCUT2D eigenvalue weighted by Crippen LogP contribution is 2.26. The number of benzene rings is 2. The van der Waals surface area contributed by atoms with Crippen molar-refractivity contribution in [1.29, 1.82) is 0 Å². The molecule has 0 aliphatic carbocycles. The molecule has 144 valence electrons. The van der Waals surface area contributed by atoms with Crippen molar-refractivity contribution in [2.24, 2.45) is 0 Å². The Bertz CT molecular complexity index is 952. The maximum absolute atomic E-state index is 13.2. The Balaban J connectivity index is 1.76. The Hall–Kier alpha value is -2.18. The van der Waals surface area contributed by atoms with E-state index < -0.39 is 10.0 Å². The largest absolute Gasteiger partial charge is 0.336 e. The Morgan fingerprint density at radius 3 is 2.00 bits per heavy atom. The Morgan fingerprint density at radius 1 is 0.852 bits per heavy atom. The number of nitrogens with zero attached hydrogens (tertiary/aromatic N) is 2. The molecular weight excluding hydrogens is 360 g/mol. The number of hydrogen-bond donors (Lipinski definition) is 0. The molecule has 0 atom stereocenters.